The maximum atomic E-state index is 12.6. The fourth-order valence-electron chi connectivity index (χ4n) is 3.00. The Morgan fingerprint density at radius 3 is 2.33 bits per heavy atom. The van der Waals surface area contributed by atoms with Crippen LogP contribution in [0, 0.1) is 6.92 Å². The van der Waals surface area contributed by atoms with Crippen molar-refractivity contribution in [3.63, 3.8) is 0 Å². The zero-order valence-electron chi connectivity index (χ0n) is 16.3. The van der Waals surface area contributed by atoms with Gasteiger partial charge in [-0.25, -0.2) is 9.97 Å². The van der Waals surface area contributed by atoms with E-state index in [0.717, 1.165) is 27.0 Å². The quantitative estimate of drug-likeness (QED) is 0.372. The minimum atomic E-state index is -0.188. The van der Waals surface area contributed by atoms with E-state index >= 15 is 0 Å². The largest absolute Gasteiger partial charge is 0.324 e. The smallest absolute Gasteiger partial charge is 0.255 e. The molecule has 30 heavy (non-hydrogen) atoms. The van der Waals surface area contributed by atoms with Gasteiger partial charge in [-0.2, -0.15) is 0 Å². The number of rotatable bonds is 5. The van der Waals surface area contributed by atoms with Gasteiger partial charge in [0.1, 0.15) is 0 Å². The lowest BCUT2D eigenvalue weighted by atomic mass is 10.1. The first-order chi connectivity index (χ1) is 14.6. The second kappa shape index (κ2) is 8.88. The number of benzene rings is 3. The topological polar surface area (TPSA) is 66.9 Å². The Morgan fingerprint density at radius 2 is 1.57 bits per heavy atom. The Hall–Kier alpha value is -3.51. The monoisotopic (exact) mass is 458 g/mol. The van der Waals surface area contributed by atoms with Crippen LogP contribution in [-0.4, -0.2) is 15.9 Å². The SMILES string of the molecule is Cc1cccc(-c2cnc(Nc3cccc(C(=O)Nc4cccc(Br)c4)c3)nc2)c1. The first kappa shape index (κ1) is 19.8. The molecule has 0 radical (unpaired) electrons. The van der Waals surface area contributed by atoms with E-state index in [1.54, 1.807) is 24.5 Å². The number of aryl methyl sites for hydroxylation is 1. The zero-order valence-corrected chi connectivity index (χ0v) is 17.8. The van der Waals surface area contributed by atoms with E-state index in [1.165, 1.54) is 5.56 Å². The fourth-order valence-corrected chi connectivity index (χ4v) is 3.40. The highest BCUT2D eigenvalue weighted by atomic mass is 79.9. The summed E-state index contributed by atoms with van der Waals surface area (Å²) in [5.41, 5.74) is 5.21. The van der Waals surface area contributed by atoms with E-state index in [9.17, 15) is 4.79 Å². The Kier molecular flexibility index (Phi) is 5.86. The van der Waals surface area contributed by atoms with Gasteiger partial charge in [0.05, 0.1) is 0 Å². The molecule has 0 atom stereocenters. The standard InChI is InChI=1S/C24H19BrN4O/c1-16-5-2-6-17(11-16)19-14-26-24(27-15-19)29-21-9-3-7-18(12-21)23(30)28-22-10-4-8-20(25)13-22/h2-15H,1H3,(H,28,30)(H,26,27,29). The molecular formula is C24H19BrN4O. The van der Waals surface area contributed by atoms with Crippen molar-refractivity contribution in [2.75, 3.05) is 10.6 Å². The number of halogens is 1. The van der Waals surface area contributed by atoms with Crippen LogP contribution in [0.4, 0.5) is 17.3 Å². The number of amides is 1. The molecule has 1 heterocycles. The minimum absolute atomic E-state index is 0.188. The molecule has 3 aromatic carbocycles. The van der Waals surface area contributed by atoms with Crippen molar-refractivity contribution in [2.24, 2.45) is 0 Å². The summed E-state index contributed by atoms with van der Waals surface area (Å²) in [5, 5.41) is 6.04. The maximum absolute atomic E-state index is 12.6. The zero-order chi connectivity index (χ0) is 20.9. The summed E-state index contributed by atoms with van der Waals surface area (Å²) < 4.78 is 0.905. The number of aromatic nitrogens is 2. The van der Waals surface area contributed by atoms with Crippen LogP contribution in [0.3, 0.4) is 0 Å². The molecule has 0 fully saturated rings. The number of carbonyl (C=O) groups is 1. The van der Waals surface area contributed by atoms with E-state index in [1.807, 2.05) is 48.5 Å². The van der Waals surface area contributed by atoms with E-state index in [2.05, 4.69) is 55.6 Å². The molecule has 0 aliphatic heterocycles. The van der Waals surface area contributed by atoms with Crippen molar-refractivity contribution in [2.45, 2.75) is 6.92 Å². The molecule has 1 amide bonds. The van der Waals surface area contributed by atoms with Crippen molar-refractivity contribution in [1.29, 1.82) is 0 Å². The fraction of sp³-hybridized carbons (Fsp3) is 0.0417. The minimum Gasteiger partial charge on any atom is -0.324 e. The lowest BCUT2D eigenvalue weighted by Gasteiger charge is -2.09. The van der Waals surface area contributed by atoms with Crippen LogP contribution in [0.1, 0.15) is 15.9 Å². The Bertz CT molecular complexity index is 1190. The first-order valence-corrected chi connectivity index (χ1v) is 10.2. The summed E-state index contributed by atoms with van der Waals surface area (Å²) in [6.45, 7) is 2.06. The van der Waals surface area contributed by atoms with Crippen molar-refractivity contribution >= 4 is 39.2 Å². The number of hydrogen-bond acceptors (Lipinski definition) is 4. The van der Waals surface area contributed by atoms with Crippen LogP contribution in [0.2, 0.25) is 0 Å². The van der Waals surface area contributed by atoms with Crippen molar-refractivity contribution in [3.8, 4) is 11.1 Å². The van der Waals surface area contributed by atoms with Crippen LogP contribution < -0.4 is 10.6 Å². The first-order valence-electron chi connectivity index (χ1n) is 9.40. The molecule has 4 aromatic rings. The summed E-state index contributed by atoms with van der Waals surface area (Å²) in [6.07, 6.45) is 3.57. The van der Waals surface area contributed by atoms with Gasteiger partial charge in [-0.1, -0.05) is 57.9 Å². The number of anilines is 3. The van der Waals surface area contributed by atoms with Gasteiger partial charge in [0, 0.05) is 39.4 Å². The summed E-state index contributed by atoms with van der Waals surface area (Å²) in [6, 6.07) is 22.9. The average molecular weight is 459 g/mol. The number of carbonyl (C=O) groups excluding carboxylic acids is 1. The van der Waals surface area contributed by atoms with Crippen LogP contribution in [0.15, 0.2) is 89.7 Å². The number of nitrogens with one attached hydrogen (secondary N) is 2. The molecule has 0 aliphatic rings. The van der Waals surface area contributed by atoms with Crippen LogP contribution in [0.25, 0.3) is 11.1 Å². The van der Waals surface area contributed by atoms with Gasteiger partial charge in [-0.15, -0.1) is 0 Å². The molecule has 2 N–H and O–H groups in total. The molecule has 0 bridgehead atoms. The van der Waals surface area contributed by atoms with Crippen LogP contribution in [0.5, 0.6) is 0 Å². The lowest BCUT2D eigenvalue weighted by molar-refractivity contribution is 0.102. The van der Waals surface area contributed by atoms with Crippen LogP contribution in [-0.2, 0) is 0 Å². The van der Waals surface area contributed by atoms with Gasteiger partial charge in [-0.05, 0) is 48.9 Å². The molecule has 148 valence electrons. The molecular weight excluding hydrogens is 440 g/mol. The third-order valence-corrected chi connectivity index (χ3v) is 4.96. The Labute approximate surface area is 183 Å². The van der Waals surface area contributed by atoms with E-state index in [4.69, 9.17) is 0 Å². The molecule has 0 aliphatic carbocycles. The maximum Gasteiger partial charge on any atom is 0.255 e. The van der Waals surface area contributed by atoms with Gasteiger partial charge >= 0.3 is 0 Å². The van der Waals surface area contributed by atoms with Crippen molar-refractivity contribution in [3.05, 3.63) is 101 Å². The molecule has 0 spiro atoms. The average Bonchev–Trinajstić information content (AvgIpc) is 2.74. The van der Waals surface area contributed by atoms with Gasteiger partial charge in [0.25, 0.3) is 5.91 Å². The van der Waals surface area contributed by atoms with Gasteiger partial charge in [0.2, 0.25) is 5.95 Å². The lowest BCUT2D eigenvalue weighted by Crippen LogP contribution is -2.12. The molecule has 1 aromatic heterocycles. The summed E-state index contributed by atoms with van der Waals surface area (Å²) in [7, 11) is 0. The predicted octanol–water partition coefficient (Wildman–Crippen LogP) is 6.21. The molecule has 0 saturated carbocycles. The molecule has 6 heteroatoms. The third kappa shape index (κ3) is 4.90. The molecule has 0 saturated heterocycles. The normalized spacial score (nSPS) is 10.5. The molecule has 0 unspecified atom stereocenters. The van der Waals surface area contributed by atoms with Crippen molar-refractivity contribution < 1.29 is 4.79 Å². The second-order valence-electron chi connectivity index (χ2n) is 6.84. The Balaban J connectivity index is 1.47. The van der Waals surface area contributed by atoms with E-state index < -0.39 is 0 Å². The van der Waals surface area contributed by atoms with Gasteiger partial charge < -0.3 is 10.6 Å². The van der Waals surface area contributed by atoms with Gasteiger partial charge in [-0.3, -0.25) is 4.79 Å². The summed E-state index contributed by atoms with van der Waals surface area (Å²) in [5.74, 6) is 0.281. The highest BCUT2D eigenvalue weighted by molar-refractivity contribution is 9.10. The molecule has 4 rings (SSSR count). The Morgan fingerprint density at radius 1 is 0.833 bits per heavy atom. The predicted molar refractivity (Wildman–Crippen MR) is 124 cm³/mol. The molecule has 5 nitrogen and oxygen atoms in total. The van der Waals surface area contributed by atoms with Crippen molar-refractivity contribution in [1.82, 2.24) is 9.97 Å². The van der Waals surface area contributed by atoms with E-state index in [-0.39, 0.29) is 5.91 Å². The summed E-state index contributed by atoms with van der Waals surface area (Å²) in [4.78, 5) is 21.4. The van der Waals surface area contributed by atoms with Crippen LogP contribution >= 0.6 is 15.9 Å². The van der Waals surface area contributed by atoms with E-state index in [0.29, 0.717) is 11.5 Å². The number of hydrogen-bond donors (Lipinski definition) is 2. The third-order valence-electron chi connectivity index (χ3n) is 4.47. The second-order valence-corrected chi connectivity index (χ2v) is 7.75. The number of nitrogens with zero attached hydrogens (tertiary/aromatic N) is 2. The summed E-state index contributed by atoms with van der Waals surface area (Å²) >= 11 is 3.41. The van der Waals surface area contributed by atoms with Gasteiger partial charge in [0.15, 0.2) is 0 Å². The highest BCUT2D eigenvalue weighted by Gasteiger charge is 2.08. The highest BCUT2D eigenvalue weighted by Crippen LogP contribution is 2.21.